The van der Waals surface area contributed by atoms with E-state index in [0.29, 0.717) is 6.54 Å². The fourth-order valence-corrected chi connectivity index (χ4v) is 8.08. The van der Waals surface area contributed by atoms with Gasteiger partial charge in [0.2, 0.25) is 10.0 Å². The average molecular weight is 496 g/mol. The van der Waals surface area contributed by atoms with E-state index < -0.39 is 27.7 Å². The van der Waals surface area contributed by atoms with Crippen LogP contribution in [0.2, 0.25) is 0 Å². The molecule has 2 heterocycles. The highest BCUT2D eigenvalue weighted by atomic mass is 32.2. The van der Waals surface area contributed by atoms with Crippen molar-refractivity contribution in [3.63, 3.8) is 0 Å². The summed E-state index contributed by atoms with van der Waals surface area (Å²) in [4.78, 5) is 38.7. The first kappa shape index (κ1) is 23.7. The highest BCUT2D eigenvalue weighted by Crippen LogP contribution is 2.53. The number of rotatable bonds is 4. The molecule has 2 atom stereocenters. The zero-order chi connectivity index (χ0) is 25.3. The Bertz CT molecular complexity index is 1370. The van der Waals surface area contributed by atoms with Crippen LogP contribution in [0.25, 0.3) is 0 Å². The summed E-state index contributed by atoms with van der Waals surface area (Å²) in [6.07, 6.45) is 2.70. The first-order chi connectivity index (χ1) is 16.3. The molecule has 2 bridgehead atoms. The molecule has 1 N–H and O–H groups in total. The van der Waals surface area contributed by atoms with Crippen molar-refractivity contribution in [2.45, 2.75) is 51.0 Å². The minimum atomic E-state index is -3.70. The Morgan fingerprint density at radius 3 is 2.37 bits per heavy atom. The Kier molecular flexibility index (Phi) is 5.23. The van der Waals surface area contributed by atoms with Crippen LogP contribution in [0.5, 0.6) is 0 Å². The third-order valence-electron chi connectivity index (χ3n) is 7.46. The number of fused-ring (bicyclic) bond motifs is 3. The van der Waals surface area contributed by atoms with E-state index >= 15 is 0 Å². The molecule has 3 amide bonds. The number of imide groups is 1. The van der Waals surface area contributed by atoms with Crippen molar-refractivity contribution in [3.05, 3.63) is 59.2 Å². The van der Waals surface area contributed by atoms with Crippen molar-refractivity contribution in [3.8, 4) is 0 Å². The molecule has 2 aliphatic heterocycles. The summed E-state index contributed by atoms with van der Waals surface area (Å²) < 4.78 is 28.6. The molecular weight excluding hydrogens is 466 g/mol. The van der Waals surface area contributed by atoms with E-state index in [1.54, 1.807) is 22.5 Å². The molecule has 2 unspecified atom stereocenters. The topological polar surface area (TPSA) is 104 Å². The number of benzene rings is 2. The van der Waals surface area contributed by atoms with Crippen molar-refractivity contribution in [1.82, 2.24) is 9.21 Å². The lowest BCUT2D eigenvalue weighted by atomic mass is 9.65. The van der Waals surface area contributed by atoms with E-state index in [9.17, 15) is 22.8 Å². The quantitative estimate of drug-likeness (QED) is 0.651. The molecule has 3 aliphatic rings. The molecule has 5 rings (SSSR count). The molecular formula is C26H29N3O5S. The molecule has 1 aliphatic carbocycles. The minimum absolute atomic E-state index is 0.0183. The van der Waals surface area contributed by atoms with Crippen LogP contribution in [0.15, 0.2) is 47.4 Å². The van der Waals surface area contributed by atoms with Gasteiger partial charge < -0.3 is 5.32 Å². The molecule has 184 valence electrons. The number of carbonyl (C=O) groups is 3. The van der Waals surface area contributed by atoms with Crippen LogP contribution in [-0.4, -0.2) is 55.0 Å². The number of carbonyl (C=O) groups excluding carboxylic acids is 3. The summed E-state index contributed by atoms with van der Waals surface area (Å²) in [7, 11) is -2.30. The Balaban J connectivity index is 1.36. The van der Waals surface area contributed by atoms with Gasteiger partial charge in [-0.3, -0.25) is 19.3 Å². The lowest BCUT2D eigenvalue weighted by Gasteiger charge is -2.39. The van der Waals surface area contributed by atoms with Crippen molar-refractivity contribution in [2.24, 2.45) is 10.8 Å². The fraction of sp³-hybridized carbons (Fsp3) is 0.423. The van der Waals surface area contributed by atoms with E-state index in [4.69, 9.17) is 0 Å². The summed E-state index contributed by atoms with van der Waals surface area (Å²) in [6, 6.07) is 10.5. The fourth-order valence-electron chi connectivity index (χ4n) is 6.30. The van der Waals surface area contributed by atoms with Gasteiger partial charge in [0, 0.05) is 25.2 Å². The van der Waals surface area contributed by atoms with Gasteiger partial charge in [0.1, 0.15) is 0 Å². The largest absolute Gasteiger partial charge is 0.321 e. The number of amides is 3. The number of anilines is 1. The van der Waals surface area contributed by atoms with Crippen LogP contribution < -0.4 is 5.32 Å². The van der Waals surface area contributed by atoms with Crippen LogP contribution >= 0.6 is 0 Å². The second-order valence-corrected chi connectivity index (χ2v) is 13.0. The third-order valence-corrected chi connectivity index (χ3v) is 9.37. The zero-order valence-corrected chi connectivity index (χ0v) is 21.1. The van der Waals surface area contributed by atoms with Crippen molar-refractivity contribution in [2.75, 3.05) is 18.9 Å². The summed E-state index contributed by atoms with van der Waals surface area (Å²) in [5.41, 5.74) is 0.963. The summed E-state index contributed by atoms with van der Waals surface area (Å²) in [5, 5.41) is 2.69. The van der Waals surface area contributed by atoms with E-state index in [-0.39, 0.29) is 44.1 Å². The number of hydrogen-bond acceptors (Lipinski definition) is 5. The van der Waals surface area contributed by atoms with Gasteiger partial charge in [-0.15, -0.1) is 0 Å². The monoisotopic (exact) mass is 495 g/mol. The number of nitrogens with one attached hydrogen (secondary N) is 1. The smallest absolute Gasteiger partial charge is 0.263 e. The molecule has 2 aromatic rings. The van der Waals surface area contributed by atoms with Crippen LogP contribution in [0.4, 0.5) is 5.69 Å². The van der Waals surface area contributed by atoms with Gasteiger partial charge in [-0.25, -0.2) is 8.42 Å². The van der Waals surface area contributed by atoms with E-state index in [0.717, 1.165) is 24.2 Å². The normalized spacial score (nSPS) is 25.6. The molecule has 2 fully saturated rings. The number of hydrogen-bond donors (Lipinski definition) is 1. The molecule has 1 saturated carbocycles. The Morgan fingerprint density at radius 1 is 1.00 bits per heavy atom. The van der Waals surface area contributed by atoms with Gasteiger partial charge in [-0.2, -0.15) is 4.31 Å². The van der Waals surface area contributed by atoms with Crippen molar-refractivity contribution in [1.29, 1.82) is 0 Å². The van der Waals surface area contributed by atoms with E-state index in [2.05, 4.69) is 26.1 Å². The first-order valence-electron chi connectivity index (χ1n) is 11.7. The second kappa shape index (κ2) is 7.73. The SMILES string of the molecule is CN1C(=O)c2cccc(NC(=O)c3ccc(S(=O)(=O)N4CC5(C)CC4CC(C)(C)C5)cc3)c2C1=O. The Morgan fingerprint density at radius 2 is 1.69 bits per heavy atom. The second-order valence-electron chi connectivity index (χ2n) is 11.1. The average Bonchev–Trinajstić information content (AvgIpc) is 3.18. The Labute approximate surface area is 205 Å². The lowest BCUT2D eigenvalue weighted by Crippen LogP contribution is -2.37. The van der Waals surface area contributed by atoms with Crippen molar-refractivity contribution < 1.29 is 22.8 Å². The molecule has 9 heteroatoms. The van der Waals surface area contributed by atoms with Crippen LogP contribution in [0.1, 0.15) is 71.1 Å². The van der Waals surface area contributed by atoms with Gasteiger partial charge >= 0.3 is 0 Å². The van der Waals surface area contributed by atoms with Crippen LogP contribution in [-0.2, 0) is 10.0 Å². The van der Waals surface area contributed by atoms with Gasteiger partial charge in [-0.1, -0.05) is 26.8 Å². The molecule has 35 heavy (non-hydrogen) atoms. The predicted molar refractivity (Wildman–Crippen MR) is 131 cm³/mol. The maximum absolute atomic E-state index is 13.5. The highest BCUT2D eigenvalue weighted by molar-refractivity contribution is 7.89. The van der Waals surface area contributed by atoms with Gasteiger partial charge in [-0.05, 0) is 66.5 Å². The summed E-state index contributed by atoms with van der Waals surface area (Å²) in [5.74, 6) is -1.39. The molecule has 2 aromatic carbocycles. The molecule has 1 saturated heterocycles. The maximum atomic E-state index is 13.5. The molecule has 0 radical (unpaired) electrons. The summed E-state index contributed by atoms with van der Waals surface area (Å²) >= 11 is 0. The maximum Gasteiger partial charge on any atom is 0.263 e. The zero-order valence-electron chi connectivity index (χ0n) is 20.3. The molecule has 0 spiro atoms. The first-order valence-corrected chi connectivity index (χ1v) is 13.1. The summed E-state index contributed by atoms with van der Waals surface area (Å²) in [6.45, 7) is 7.07. The standard InChI is InChI=1S/C26H29N3O5S/c1-25(2)12-17-13-26(3,14-25)15-29(17)35(33,34)18-10-8-16(9-11-18)22(30)27-20-7-5-6-19-21(20)24(32)28(4)23(19)31/h5-11,17H,12-15H2,1-4H3,(H,27,30). The lowest BCUT2D eigenvalue weighted by molar-refractivity contribution is 0.0693. The van der Waals surface area contributed by atoms with E-state index in [1.165, 1.54) is 31.3 Å². The predicted octanol–water partition coefficient (Wildman–Crippen LogP) is 3.75. The van der Waals surface area contributed by atoms with E-state index in [1.807, 2.05) is 0 Å². The third kappa shape index (κ3) is 3.87. The van der Waals surface area contributed by atoms with Gasteiger partial charge in [0.15, 0.2) is 0 Å². The molecule has 8 nitrogen and oxygen atoms in total. The van der Waals surface area contributed by atoms with Crippen LogP contribution in [0.3, 0.4) is 0 Å². The number of sulfonamides is 1. The Hall–Kier alpha value is -3.04. The minimum Gasteiger partial charge on any atom is -0.321 e. The van der Waals surface area contributed by atoms with Gasteiger partial charge in [0.05, 0.1) is 21.7 Å². The highest BCUT2D eigenvalue weighted by Gasteiger charge is 2.53. The number of nitrogens with zero attached hydrogens (tertiary/aromatic N) is 2. The van der Waals surface area contributed by atoms with Crippen molar-refractivity contribution >= 4 is 33.4 Å². The molecule has 0 aromatic heterocycles. The van der Waals surface area contributed by atoms with Crippen LogP contribution in [0, 0.1) is 10.8 Å². The van der Waals surface area contributed by atoms with Gasteiger partial charge in [0.25, 0.3) is 17.7 Å².